The van der Waals surface area contributed by atoms with Gasteiger partial charge in [0, 0.05) is 13.1 Å². The minimum absolute atomic E-state index is 0.288. The van der Waals surface area contributed by atoms with Gasteiger partial charge in [0.25, 0.3) is 0 Å². The second-order valence-electron chi connectivity index (χ2n) is 4.44. The molecule has 0 bridgehead atoms. The molecule has 1 aliphatic rings. The summed E-state index contributed by atoms with van der Waals surface area (Å²) in [4.78, 5) is 13.7. The summed E-state index contributed by atoms with van der Waals surface area (Å²) >= 11 is 0. The largest absolute Gasteiger partial charge is 0.415 e. The summed E-state index contributed by atoms with van der Waals surface area (Å²) in [5.74, 6) is 1.17. The molecule has 0 radical (unpaired) electrons. The van der Waals surface area contributed by atoms with Crippen molar-refractivity contribution in [1.29, 1.82) is 0 Å². The van der Waals surface area contributed by atoms with Crippen molar-refractivity contribution >= 4 is 13.9 Å². The molecule has 4 heteroatoms. The summed E-state index contributed by atoms with van der Waals surface area (Å²) in [6, 6.07) is 0. The number of hydrogen-bond donors (Lipinski definition) is 0. The van der Waals surface area contributed by atoms with Gasteiger partial charge in [0.1, 0.15) is 13.6 Å². The van der Waals surface area contributed by atoms with Crippen LogP contribution in [0.1, 0.15) is 12.8 Å². The molecule has 1 heterocycles. The zero-order chi connectivity index (χ0) is 13.4. The smallest absolute Gasteiger partial charge is 0.410 e. The highest BCUT2D eigenvalue weighted by Crippen LogP contribution is 2.20. The van der Waals surface area contributed by atoms with E-state index in [2.05, 4.69) is 21.0 Å². The fraction of sp³-hybridized carbons (Fsp3) is 0.357. The van der Waals surface area contributed by atoms with E-state index in [1.807, 2.05) is 0 Å². The molecule has 0 aliphatic carbocycles. The summed E-state index contributed by atoms with van der Waals surface area (Å²) < 4.78 is 5.31. The van der Waals surface area contributed by atoms with Gasteiger partial charge in [-0.1, -0.05) is 37.2 Å². The number of amides is 1. The van der Waals surface area contributed by atoms with Gasteiger partial charge in [0.15, 0.2) is 0 Å². The van der Waals surface area contributed by atoms with Crippen LogP contribution in [0.4, 0.5) is 4.79 Å². The molecular weight excluding hydrogens is 225 g/mol. The average Bonchev–Trinajstić information content (AvgIpc) is 2.37. The van der Waals surface area contributed by atoms with Gasteiger partial charge < -0.3 is 9.64 Å². The quantitative estimate of drug-likeness (QED) is 0.432. The fourth-order valence-electron chi connectivity index (χ4n) is 1.76. The standard InChI is InChI=1S/C14H20BNO2/c1-3-5-7-13(6-4-2)18-14(17)16-10-8-12(15)9-11-16/h3-7,12H,1-2,8-11,15H2/b7-5-,13-6+. The Balaban J connectivity index is 2.56. The Kier molecular flexibility index (Phi) is 6.05. The number of hydrogen-bond acceptors (Lipinski definition) is 2. The molecule has 1 rings (SSSR count). The molecule has 3 nitrogen and oxygen atoms in total. The predicted octanol–water partition coefficient (Wildman–Crippen LogP) is 2.45. The molecule has 0 spiro atoms. The van der Waals surface area contributed by atoms with E-state index in [-0.39, 0.29) is 6.09 Å². The fourth-order valence-corrected chi connectivity index (χ4v) is 1.76. The van der Waals surface area contributed by atoms with Crippen LogP contribution in [0, 0.1) is 0 Å². The van der Waals surface area contributed by atoms with Crippen LogP contribution in [0.3, 0.4) is 0 Å². The molecular formula is C14H20BNO2. The van der Waals surface area contributed by atoms with Crippen molar-refractivity contribution in [3.8, 4) is 0 Å². The highest BCUT2D eigenvalue weighted by Gasteiger charge is 2.21. The highest BCUT2D eigenvalue weighted by molar-refractivity contribution is 6.11. The Morgan fingerprint density at radius 3 is 2.50 bits per heavy atom. The lowest BCUT2D eigenvalue weighted by Gasteiger charge is -2.29. The molecule has 0 N–H and O–H groups in total. The van der Waals surface area contributed by atoms with Crippen molar-refractivity contribution in [2.75, 3.05) is 13.1 Å². The summed E-state index contributed by atoms with van der Waals surface area (Å²) in [7, 11) is 2.21. The molecule has 18 heavy (non-hydrogen) atoms. The van der Waals surface area contributed by atoms with Crippen LogP contribution in [-0.4, -0.2) is 31.9 Å². The summed E-state index contributed by atoms with van der Waals surface area (Å²) in [6.45, 7) is 8.72. The maximum atomic E-state index is 11.9. The van der Waals surface area contributed by atoms with E-state index in [0.717, 1.165) is 25.9 Å². The van der Waals surface area contributed by atoms with Crippen LogP contribution in [0.2, 0.25) is 5.82 Å². The van der Waals surface area contributed by atoms with Crippen molar-refractivity contribution in [2.24, 2.45) is 0 Å². The van der Waals surface area contributed by atoms with Gasteiger partial charge >= 0.3 is 6.09 Å². The van der Waals surface area contributed by atoms with E-state index < -0.39 is 0 Å². The summed E-state index contributed by atoms with van der Waals surface area (Å²) in [5.41, 5.74) is 0. The maximum absolute atomic E-state index is 11.9. The minimum atomic E-state index is -0.288. The first-order valence-corrected chi connectivity index (χ1v) is 6.26. The van der Waals surface area contributed by atoms with E-state index in [9.17, 15) is 4.79 Å². The number of piperidine rings is 1. The third-order valence-corrected chi connectivity index (χ3v) is 2.93. The Morgan fingerprint density at radius 2 is 1.94 bits per heavy atom. The number of nitrogens with zero attached hydrogens (tertiary/aromatic N) is 1. The Hall–Kier alpha value is -1.71. The lowest BCUT2D eigenvalue weighted by Crippen LogP contribution is -2.37. The zero-order valence-electron chi connectivity index (χ0n) is 11.0. The Morgan fingerprint density at radius 1 is 1.28 bits per heavy atom. The van der Waals surface area contributed by atoms with E-state index >= 15 is 0 Å². The van der Waals surface area contributed by atoms with Crippen molar-refractivity contribution in [3.63, 3.8) is 0 Å². The second-order valence-corrected chi connectivity index (χ2v) is 4.44. The van der Waals surface area contributed by atoms with Gasteiger partial charge in [-0.05, 0) is 25.0 Å². The Bertz CT molecular complexity index is 366. The van der Waals surface area contributed by atoms with Gasteiger partial charge in [-0.3, -0.25) is 0 Å². The summed E-state index contributed by atoms with van der Waals surface area (Å²) in [5, 5.41) is 0. The third kappa shape index (κ3) is 4.66. The third-order valence-electron chi connectivity index (χ3n) is 2.93. The molecule has 1 aliphatic heterocycles. The molecule has 1 fully saturated rings. The maximum Gasteiger partial charge on any atom is 0.415 e. The van der Waals surface area contributed by atoms with Crippen molar-refractivity contribution in [3.05, 3.63) is 49.3 Å². The van der Waals surface area contributed by atoms with Gasteiger partial charge in [-0.2, -0.15) is 0 Å². The van der Waals surface area contributed by atoms with Crippen LogP contribution in [0.15, 0.2) is 49.3 Å². The van der Waals surface area contributed by atoms with E-state index in [0.29, 0.717) is 11.6 Å². The SMILES string of the molecule is BC1CCN(C(=O)OC(/C=C\C=C)=C/C=C)CC1. The molecule has 1 saturated heterocycles. The van der Waals surface area contributed by atoms with E-state index in [1.165, 1.54) is 0 Å². The van der Waals surface area contributed by atoms with Gasteiger partial charge in [-0.15, -0.1) is 0 Å². The number of rotatable bonds is 4. The van der Waals surface area contributed by atoms with E-state index in [1.54, 1.807) is 35.3 Å². The minimum Gasteiger partial charge on any atom is -0.410 e. The van der Waals surface area contributed by atoms with Crippen LogP contribution in [0.5, 0.6) is 0 Å². The first-order chi connectivity index (χ1) is 8.67. The molecule has 0 aromatic heterocycles. The number of carbonyl (C=O) groups excluding carboxylic acids is 1. The first-order valence-electron chi connectivity index (χ1n) is 6.26. The lowest BCUT2D eigenvalue weighted by molar-refractivity contribution is 0.123. The topological polar surface area (TPSA) is 29.5 Å². The molecule has 0 unspecified atom stereocenters. The number of ether oxygens (including phenoxy) is 1. The zero-order valence-corrected chi connectivity index (χ0v) is 11.0. The van der Waals surface area contributed by atoms with E-state index in [4.69, 9.17) is 4.74 Å². The van der Waals surface area contributed by atoms with Crippen LogP contribution >= 0.6 is 0 Å². The molecule has 0 aromatic rings. The molecule has 1 amide bonds. The van der Waals surface area contributed by atoms with Crippen LogP contribution < -0.4 is 0 Å². The molecule has 0 aromatic carbocycles. The average molecular weight is 245 g/mol. The van der Waals surface area contributed by atoms with Crippen molar-refractivity contribution in [2.45, 2.75) is 18.7 Å². The normalized spacial score (nSPS) is 17.8. The second kappa shape index (κ2) is 7.59. The van der Waals surface area contributed by atoms with Gasteiger partial charge in [0.2, 0.25) is 0 Å². The lowest BCUT2D eigenvalue weighted by atomic mass is 9.80. The number of likely N-dealkylation sites (tertiary alicyclic amines) is 1. The van der Waals surface area contributed by atoms with Crippen molar-refractivity contribution in [1.82, 2.24) is 4.90 Å². The Labute approximate surface area is 110 Å². The predicted molar refractivity (Wildman–Crippen MR) is 77.2 cm³/mol. The van der Waals surface area contributed by atoms with Gasteiger partial charge in [-0.25, -0.2) is 4.79 Å². The number of carbonyl (C=O) groups is 1. The van der Waals surface area contributed by atoms with Gasteiger partial charge in [0.05, 0.1) is 0 Å². The number of allylic oxidation sites excluding steroid dienone is 5. The highest BCUT2D eigenvalue weighted by atomic mass is 16.6. The summed E-state index contributed by atoms with van der Waals surface area (Å²) in [6.07, 6.45) is 10.1. The monoisotopic (exact) mass is 245 g/mol. The molecule has 0 atom stereocenters. The van der Waals surface area contributed by atoms with Crippen LogP contribution in [0.25, 0.3) is 0 Å². The van der Waals surface area contributed by atoms with Crippen molar-refractivity contribution < 1.29 is 9.53 Å². The van der Waals surface area contributed by atoms with Crippen LogP contribution in [-0.2, 0) is 4.74 Å². The molecule has 0 saturated carbocycles. The first kappa shape index (κ1) is 14.4. The molecule has 96 valence electrons.